The molecule has 1 saturated heterocycles. The average Bonchev–Trinajstić information content (AvgIpc) is 2.53. The fourth-order valence-electron chi connectivity index (χ4n) is 2.56. The summed E-state index contributed by atoms with van der Waals surface area (Å²) < 4.78 is 10.8. The van der Waals surface area contributed by atoms with Gasteiger partial charge >= 0.3 is 0 Å². The number of hydrogen-bond donors (Lipinski definition) is 0. The quantitative estimate of drug-likeness (QED) is 0.815. The summed E-state index contributed by atoms with van der Waals surface area (Å²) in [7, 11) is 1.68. The molecule has 0 bridgehead atoms. The van der Waals surface area contributed by atoms with Gasteiger partial charge in [-0.25, -0.2) is 4.98 Å². The molecule has 0 radical (unpaired) electrons. The number of fused-ring (bicyclic) bond motifs is 1. The van der Waals surface area contributed by atoms with E-state index in [1.54, 1.807) is 7.11 Å². The van der Waals surface area contributed by atoms with Crippen LogP contribution in [0.2, 0.25) is 0 Å². The summed E-state index contributed by atoms with van der Waals surface area (Å²) in [5, 5.41) is 2.24. The zero-order chi connectivity index (χ0) is 13.9. The number of rotatable bonds is 3. The third kappa shape index (κ3) is 2.41. The summed E-state index contributed by atoms with van der Waals surface area (Å²) in [5.41, 5.74) is 0. The van der Waals surface area contributed by atoms with Gasteiger partial charge in [-0.15, -0.1) is 11.6 Å². The van der Waals surface area contributed by atoms with Gasteiger partial charge in [-0.1, -0.05) is 0 Å². The van der Waals surface area contributed by atoms with E-state index in [4.69, 9.17) is 21.1 Å². The normalized spacial score (nSPS) is 19.3. The van der Waals surface area contributed by atoms with Crippen LogP contribution in [0.25, 0.3) is 10.8 Å². The number of pyridine rings is 1. The van der Waals surface area contributed by atoms with Gasteiger partial charge in [-0.2, -0.15) is 0 Å². The number of anilines is 1. The van der Waals surface area contributed by atoms with Crippen molar-refractivity contribution >= 4 is 28.2 Å². The van der Waals surface area contributed by atoms with Crippen molar-refractivity contribution in [2.45, 2.75) is 6.04 Å². The average molecular weight is 293 g/mol. The van der Waals surface area contributed by atoms with Crippen LogP contribution in [0.5, 0.6) is 5.75 Å². The van der Waals surface area contributed by atoms with Crippen molar-refractivity contribution in [1.82, 2.24) is 4.98 Å². The van der Waals surface area contributed by atoms with Gasteiger partial charge in [0.1, 0.15) is 11.6 Å². The maximum Gasteiger partial charge on any atom is 0.136 e. The van der Waals surface area contributed by atoms with Gasteiger partial charge < -0.3 is 14.4 Å². The fourth-order valence-corrected chi connectivity index (χ4v) is 2.81. The van der Waals surface area contributed by atoms with Gasteiger partial charge in [0.2, 0.25) is 0 Å². The van der Waals surface area contributed by atoms with Crippen molar-refractivity contribution in [3.05, 3.63) is 30.5 Å². The van der Waals surface area contributed by atoms with E-state index in [1.165, 1.54) is 0 Å². The monoisotopic (exact) mass is 292 g/mol. The van der Waals surface area contributed by atoms with Gasteiger partial charge in [0.25, 0.3) is 0 Å². The Morgan fingerprint density at radius 1 is 1.45 bits per heavy atom. The van der Waals surface area contributed by atoms with Gasteiger partial charge in [0.15, 0.2) is 0 Å². The van der Waals surface area contributed by atoms with Crippen LogP contribution >= 0.6 is 11.6 Å². The lowest BCUT2D eigenvalue weighted by Gasteiger charge is -2.36. The van der Waals surface area contributed by atoms with Crippen molar-refractivity contribution in [1.29, 1.82) is 0 Å². The van der Waals surface area contributed by atoms with Crippen molar-refractivity contribution in [2.24, 2.45) is 0 Å². The Morgan fingerprint density at radius 2 is 2.35 bits per heavy atom. The first-order valence-electron chi connectivity index (χ1n) is 6.66. The van der Waals surface area contributed by atoms with E-state index in [-0.39, 0.29) is 6.04 Å². The summed E-state index contributed by atoms with van der Waals surface area (Å²) in [6, 6.07) is 8.21. The predicted molar refractivity (Wildman–Crippen MR) is 81.0 cm³/mol. The Bertz CT molecular complexity index is 605. The molecule has 1 aromatic carbocycles. The molecule has 5 heteroatoms. The molecule has 1 aliphatic heterocycles. The molecule has 4 nitrogen and oxygen atoms in total. The van der Waals surface area contributed by atoms with Crippen molar-refractivity contribution in [3.8, 4) is 5.75 Å². The van der Waals surface area contributed by atoms with E-state index in [9.17, 15) is 0 Å². The molecule has 1 atom stereocenters. The number of ether oxygens (including phenoxy) is 2. The second-order valence-electron chi connectivity index (χ2n) is 4.80. The minimum absolute atomic E-state index is 0.172. The molecular weight excluding hydrogens is 276 g/mol. The third-order valence-electron chi connectivity index (χ3n) is 3.63. The van der Waals surface area contributed by atoms with Crippen LogP contribution in [0.3, 0.4) is 0 Å². The van der Waals surface area contributed by atoms with Gasteiger partial charge in [0.05, 0.1) is 26.4 Å². The summed E-state index contributed by atoms with van der Waals surface area (Å²) in [4.78, 5) is 6.80. The molecule has 1 aromatic heterocycles. The lowest BCUT2D eigenvalue weighted by molar-refractivity contribution is 0.0995. The highest BCUT2D eigenvalue weighted by Crippen LogP contribution is 2.29. The molecule has 3 rings (SSSR count). The highest BCUT2D eigenvalue weighted by Gasteiger charge is 2.24. The summed E-state index contributed by atoms with van der Waals surface area (Å²) in [6.45, 7) is 2.18. The minimum Gasteiger partial charge on any atom is -0.497 e. The Morgan fingerprint density at radius 3 is 3.15 bits per heavy atom. The first-order valence-corrected chi connectivity index (χ1v) is 7.20. The van der Waals surface area contributed by atoms with Crippen LogP contribution in [-0.2, 0) is 4.74 Å². The van der Waals surface area contributed by atoms with Crippen LogP contribution in [-0.4, -0.2) is 43.8 Å². The molecule has 1 fully saturated rings. The largest absolute Gasteiger partial charge is 0.497 e. The first kappa shape index (κ1) is 13.5. The SMILES string of the molecule is COc1ccc2c(N3CCOCC3CCl)nccc2c1. The molecule has 20 heavy (non-hydrogen) atoms. The van der Waals surface area contributed by atoms with E-state index >= 15 is 0 Å². The minimum atomic E-state index is 0.172. The van der Waals surface area contributed by atoms with E-state index < -0.39 is 0 Å². The molecule has 0 saturated carbocycles. The predicted octanol–water partition coefficient (Wildman–Crippen LogP) is 2.69. The lowest BCUT2D eigenvalue weighted by Crippen LogP contribution is -2.47. The third-order valence-corrected chi connectivity index (χ3v) is 3.98. The second-order valence-corrected chi connectivity index (χ2v) is 5.11. The fraction of sp³-hybridized carbons (Fsp3) is 0.400. The number of alkyl halides is 1. The maximum atomic E-state index is 6.05. The number of aromatic nitrogens is 1. The number of halogens is 1. The maximum absolute atomic E-state index is 6.05. The van der Waals surface area contributed by atoms with Gasteiger partial charge in [-0.05, 0) is 29.7 Å². The molecule has 0 aliphatic carbocycles. The number of benzene rings is 1. The molecule has 2 aromatic rings. The lowest BCUT2D eigenvalue weighted by atomic mass is 10.1. The highest BCUT2D eigenvalue weighted by molar-refractivity contribution is 6.18. The number of morpholine rings is 1. The second kappa shape index (κ2) is 5.85. The summed E-state index contributed by atoms with van der Waals surface area (Å²) >= 11 is 6.05. The Balaban J connectivity index is 2.06. The van der Waals surface area contributed by atoms with Crippen molar-refractivity contribution in [2.75, 3.05) is 37.6 Å². The molecule has 1 unspecified atom stereocenters. The topological polar surface area (TPSA) is 34.6 Å². The van der Waals surface area contributed by atoms with E-state index in [2.05, 4.69) is 16.0 Å². The molecule has 0 spiro atoms. The Kier molecular flexibility index (Phi) is 3.94. The summed E-state index contributed by atoms with van der Waals surface area (Å²) in [6.07, 6.45) is 1.83. The van der Waals surface area contributed by atoms with Crippen LogP contribution in [0.1, 0.15) is 0 Å². The molecule has 2 heterocycles. The van der Waals surface area contributed by atoms with Crippen LogP contribution in [0.15, 0.2) is 30.5 Å². The van der Waals surface area contributed by atoms with Crippen LogP contribution < -0.4 is 9.64 Å². The molecule has 0 amide bonds. The number of methoxy groups -OCH3 is 1. The standard InChI is InChI=1S/C15H17ClN2O2/c1-19-13-2-3-14-11(8-13)4-5-17-15(14)18-6-7-20-10-12(18)9-16/h2-5,8,12H,6-7,9-10H2,1H3. The first-order chi connectivity index (χ1) is 9.83. The summed E-state index contributed by atoms with van der Waals surface area (Å²) in [5.74, 6) is 2.36. The Hall–Kier alpha value is -1.52. The van der Waals surface area contributed by atoms with Crippen molar-refractivity contribution in [3.63, 3.8) is 0 Å². The number of hydrogen-bond acceptors (Lipinski definition) is 4. The van der Waals surface area contributed by atoms with Crippen molar-refractivity contribution < 1.29 is 9.47 Å². The van der Waals surface area contributed by atoms with E-state index in [0.29, 0.717) is 19.1 Å². The van der Waals surface area contributed by atoms with Crippen LogP contribution in [0, 0.1) is 0 Å². The molecule has 106 valence electrons. The van der Waals surface area contributed by atoms with Gasteiger partial charge in [0, 0.05) is 24.0 Å². The zero-order valence-electron chi connectivity index (χ0n) is 11.4. The smallest absolute Gasteiger partial charge is 0.136 e. The number of nitrogens with zero attached hydrogens (tertiary/aromatic N) is 2. The highest BCUT2D eigenvalue weighted by atomic mass is 35.5. The Labute approximate surface area is 123 Å². The zero-order valence-corrected chi connectivity index (χ0v) is 12.1. The molecular formula is C15H17ClN2O2. The van der Waals surface area contributed by atoms with E-state index in [1.807, 2.05) is 24.4 Å². The van der Waals surface area contributed by atoms with Gasteiger partial charge in [-0.3, -0.25) is 0 Å². The molecule has 1 aliphatic rings. The molecule has 0 N–H and O–H groups in total. The van der Waals surface area contributed by atoms with E-state index in [0.717, 1.165) is 28.9 Å². The van der Waals surface area contributed by atoms with Crippen LogP contribution in [0.4, 0.5) is 5.82 Å².